The van der Waals surface area contributed by atoms with Crippen molar-refractivity contribution in [2.24, 2.45) is 0 Å². The van der Waals surface area contributed by atoms with Crippen LogP contribution in [-0.2, 0) is 17.9 Å². The van der Waals surface area contributed by atoms with Gasteiger partial charge in [-0.15, -0.1) is 0 Å². The van der Waals surface area contributed by atoms with Crippen molar-refractivity contribution >= 4 is 5.97 Å². The summed E-state index contributed by atoms with van der Waals surface area (Å²) in [5.74, 6) is -0.840. The van der Waals surface area contributed by atoms with E-state index in [1.165, 1.54) is 0 Å². The maximum absolute atomic E-state index is 10.9. The highest BCUT2D eigenvalue weighted by Crippen LogP contribution is 2.08. The van der Waals surface area contributed by atoms with Gasteiger partial charge in [0, 0.05) is 37.9 Å². The zero-order chi connectivity index (χ0) is 13.5. The number of aromatic nitrogens is 2. The molecule has 0 amide bonds. The molecule has 0 radical (unpaired) electrons. The summed E-state index contributed by atoms with van der Waals surface area (Å²) >= 11 is 0. The predicted molar refractivity (Wildman–Crippen MR) is 70.2 cm³/mol. The Bertz CT molecular complexity index is 475. The molecule has 0 spiro atoms. The molecule has 0 atom stereocenters. The lowest BCUT2D eigenvalue weighted by Crippen LogP contribution is -2.29. The van der Waals surface area contributed by atoms with Crippen molar-refractivity contribution in [1.29, 1.82) is 0 Å². The van der Waals surface area contributed by atoms with Crippen molar-refractivity contribution in [3.63, 3.8) is 0 Å². The van der Waals surface area contributed by atoms with Crippen LogP contribution in [0.2, 0.25) is 0 Å². The molecule has 0 aliphatic heterocycles. The topological polar surface area (TPSA) is 66.3 Å². The van der Waals surface area contributed by atoms with Gasteiger partial charge in [0.1, 0.15) is 0 Å². The van der Waals surface area contributed by atoms with E-state index in [-0.39, 0.29) is 6.54 Å². The van der Waals surface area contributed by atoms with Crippen molar-refractivity contribution in [3.8, 4) is 0 Å². The number of hydrogen-bond donors (Lipinski definition) is 1. The first kappa shape index (κ1) is 13.2. The van der Waals surface area contributed by atoms with Gasteiger partial charge >= 0.3 is 5.97 Å². The smallest absolute Gasteiger partial charge is 0.317 e. The highest BCUT2D eigenvalue weighted by atomic mass is 16.4. The van der Waals surface area contributed by atoms with E-state index < -0.39 is 5.97 Å². The summed E-state index contributed by atoms with van der Waals surface area (Å²) in [5, 5.41) is 8.97. The maximum Gasteiger partial charge on any atom is 0.317 e. The average molecular weight is 257 g/mol. The number of aliphatic carboxylic acids is 1. The summed E-state index contributed by atoms with van der Waals surface area (Å²) in [5.41, 5.74) is 1.99. The van der Waals surface area contributed by atoms with E-state index in [1.807, 2.05) is 29.2 Å². The zero-order valence-electron chi connectivity index (χ0n) is 10.4. The SMILES string of the molecule is O=C(O)CN(Cc1cccnc1)Cc1cccnc1. The van der Waals surface area contributed by atoms with E-state index in [1.54, 1.807) is 24.8 Å². The molecule has 5 heteroatoms. The molecule has 0 aliphatic rings. The number of nitrogens with zero attached hydrogens (tertiary/aromatic N) is 3. The molecule has 0 saturated carbocycles. The summed E-state index contributed by atoms with van der Waals surface area (Å²) in [6, 6.07) is 7.56. The van der Waals surface area contributed by atoms with Crippen molar-refractivity contribution < 1.29 is 9.90 Å². The molecule has 98 valence electrons. The van der Waals surface area contributed by atoms with Gasteiger partial charge in [-0.2, -0.15) is 0 Å². The van der Waals surface area contributed by atoms with Crippen LogP contribution in [0.25, 0.3) is 0 Å². The minimum atomic E-state index is -0.840. The second-order valence-corrected chi connectivity index (χ2v) is 4.26. The summed E-state index contributed by atoms with van der Waals surface area (Å²) in [4.78, 5) is 20.8. The second-order valence-electron chi connectivity index (χ2n) is 4.26. The fraction of sp³-hybridized carbons (Fsp3) is 0.214. The molecule has 0 unspecified atom stereocenters. The van der Waals surface area contributed by atoms with Crippen LogP contribution in [0.3, 0.4) is 0 Å². The molecule has 2 heterocycles. The van der Waals surface area contributed by atoms with E-state index in [9.17, 15) is 4.79 Å². The largest absolute Gasteiger partial charge is 0.480 e. The van der Waals surface area contributed by atoms with Crippen LogP contribution in [0.4, 0.5) is 0 Å². The molecule has 1 N–H and O–H groups in total. The van der Waals surface area contributed by atoms with Crippen LogP contribution in [0.15, 0.2) is 49.1 Å². The Morgan fingerprint density at radius 1 is 1.05 bits per heavy atom. The minimum absolute atomic E-state index is 0.0101. The average Bonchev–Trinajstić information content (AvgIpc) is 2.40. The Labute approximate surface area is 111 Å². The lowest BCUT2D eigenvalue weighted by Gasteiger charge is -2.20. The molecule has 19 heavy (non-hydrogen) atoms. The van der Waals surface area contributed by atoms with E-state index in [4.69, 9.17) is 5.11 Å². The van der Waals surface area contributed by atoms with Crippen LogP contribution in [0.5, 0.6) is 0 Å². The second kappa shape index (κ2) is 6.61. The third-order valence-electron chi connectivity index (χ3n) is 2.62. The zero-order valence-corrected chi connectivity index (χ0v) is 10.4. The first-order valence-corrected chi connectivity index (χ1v) is 5.96. The molecule has 5 nitrogen and oxygen atoms in total. The number of rotatable bonds is 6. The molecule has 0 saturated heterocycles. The monoisotopic (exact) mass is 257 g/mol. The number of hydrogen-bond acceptors (Lipinski definition) is 4. The van der Waals surface area contributed by atoms with Gasteiger partial charge in [0.2, 0.25) is 0 Å². The van der Waals surface area contributed by atoms with E-state index in [0.29, 0.717) is 13.1 Å². The maximum atomic E-state index is 10.9. The normalized spacial score (nSPS) is 10.6. The van der Waals surface area contributed by atoms with Gasteiger partial charge < -0.3 is 5.11 Å². The Balaban J connectivity index is 2.06. The molecule has 0 aliphatic carbocycles. The first-order valence-electron chi connectivity index (χ1n) is 5.96. The lowest BCUT2D eigenvalue weighted by atomic mass is 10.2. The molecular weight excluding hydrogens is 242 g/mol. The Morgan fingerprint density at radius 2 is 1.58 bits per heavy atom. The van der Waals surface area contributed by atoms with Crippen molar-refractivity contribution in [3.05, 3.63) is 60.2 Å². The molecular formula is C14H15N3O2. The highest BCUT2D eigenvalue weighted by Gasteiger charge is 2.11. The minimum Gasteiger partial charge on any atom is -0.480 e. The molecule has 0 bridgehead atoms. The summed E-state index contributed by atoms with van der Waals surface area (Å²) in [6.07, 6.45) is 6.90. The van der Waals surface area contributed by atoms with Gasteiger partial charge in [-0.3, -0.25) is 19.7 Å². The van der Waals surface area contributed by atoms with Crippen LogP contribution in [0, 0.1) is 0 Å². The summed E-state index contributed by atoms with van der Waals surface area (Å²) < 4.78 is 0. The van der Waals surface area contributed by atoms with Gasteiger partial charge in [0.15, 0.2) is 0 Å². The van der Waals surface area contributed by atoms with Gasteiger partial charge in [-0.25, -0.2) is 0 Å². The van der Waals surface area contributed by atoms with Crippen LogP contribution in [0.1, 0.15) is 11.1 Å². The molecule has 0 fully saturated rings. The molecule has 0 aromatic carbocycles. The van der Waals surface area contributed by atoms with Crippen LogP contribution >= 0.6 is 0 Å². The van der Waals surface area contributed by atoms with Crippen LogP contribution in [-0.4, -0.2) is 32.5 Å². The Morgan fingerprint density at radius 3 is 1.95 bits per heavy atom. The Hall–Kier alpha value is -2.27. The van der Waals surface area contributed by atoms with Crippen molar-refractivity contribution in [1.82, 2.24) is 14.9 Å². The summed E-state index contributed by atoms with van der Waals surface area (Å²) in [7, 11) is 0. The lowest BCUT2D eigenvalue weighted by molar-refractivity contribution is -0.138. The van der Waals surface area contributed by atoms with Gasteiger partial charge in [-0.1, -0.05) is 12.1 Å². The molecule has 2 aromatic rings. The fourth-order valence-electron chi connectivity index (χ4n) is 1.86. The first-order chi connectivity index (χ1) is 9.24. The van der Waals surface area contributed by atoms with Gasteiger partial charge in [0.05, 0.1) is 6.54 Å². The standard InChI is InChI=1S/C14H15N3O2/c18-14(19)11-17(9-12-3-1-5-15-7-12)10-13-4-2-6-16-8-13/h1-8H,9-11H2,(H,18,19). The summed E-state index contributed by atoms with van der Waals surface area (Å²) in [6.45, 7) is 1.09. The van der Waals surface area contributed by atoms with Crippen molar-refractivity contribution in [2.75, 3.05) is 6.54 Å². The molecule has 2 aromatic heterocycles. The van der Waals surface area contributed by atoms with E-state index in [2.05, 4.69) is 9.97 Å². The highest BCUT2D eigenvalue weighted by molar-refractivity contribution is 5.69. The fourth-order valence-corrected chi connectivity index (χ4v) is 1.86. The Kier molecular flexibility index (Phi) is 4.58. The third-order valence-corrected chi connectivity index (χ3v) is 2.62. The van der Waals surface area contributed by atoms with Gasteiger partial charge in [0.25, 0.3) is 0 Å². The van der Waals surface area contributed by atoms with E-state index in [0.717, 1.165) is 11.1 Å². The van der Waals surface area contributed by atoms with E-state index >= 15 is 0 Å². The van der Waals surface area contributed by atoms with Gasteiger partial charge in [-0.05, 0) is 23.3 Å². The molecule has 2 rings (SSSR count). The predicted octanol–water partition coefficient (Wildman–Crippen LogP) is 1.56. The van der Waals surface area contributed by atoms with Crippen molar-refractivity contribution in [2.45, 2.75) is 13.1 Å². The number of carbonyl (C=O) groups is 1. The third kappa shape index (κ3) is 4.48. The number of carboxylic acids is 1. The number of pyridine rings is 2. The quantitative estimate of drug-likeness (QED) is 0.850. The number of carboxylic acid groups (broad SMARTS) is 1. The van der Waals surface area contributed by atoms with Crippen LogP contribution < -0.4 is 0 Å².